The molecule has 1 aliphatic heterocycles. The number of carboxylic acids is 1. The lowest BCUT2D eigenvalue weighted by atomic mass is 10.1. The zero-order chi connectivity index (χ0) is 22.7. The van der Waals surface area contributed by atoms with E-state index >= 15 is 0 Å². The Labute approximate surface area is 196 Å². The Bertz CT molecular complexity index is 1440. The maximum Gasteiger partial charge on any atom is 0.328 e. The Morgan fingerprint density at radius 1 is 0.875 bits per heavy atom. The van der Waals surface area contributed by atoms with E-state index in [0.29, 0.717) is 31.5 Å². The van der Waals surface area contributed by atoms with E-state index in [4.69, 9.17) is 34.8 Å². The van der Waals surface area contributed by atoms with Crippen molar-refractivity contribution in [2.75, 3.05) is 0 Å². The topological polar surface area (TPSA) is 79.6 Å². The number of rotatable bonds is 4. The van der Waals surface area contributed by atoms with Crippen molar-refractivity contribution in [3.05, 3.63) is 80.8 Å². The highest BCUT2D eigenvalue weighted by Gasteiger charge is 2.43. The molecule has 5 rings (SSSR count). The number of nitrogens with zero attached hydrogens (tertiary/aromatic N) is 2. The summed E-state index contributed by atoms with van der Waals surface area (Å²) in [6, 6.07) is 13.2. The summed E-state index contributed by atoms with van der Waals surface area (Å²) in [7, 11) is 0. The maximum atomic E-state index is 12.9. The predicted molar refractivity (Wildman–Crippen MR) is 123 cm³/mol. The van der Waals surface area contributed by atoms with Crippen LogP contribution >= 0.6 is 34.8 Å². The number of fused-ring (bicyclic) bond motifs is 4. The van der Waals surface area contributed by atoms with E-state index in [9.17, 15) is 19.5 Å². The number of aliphatic carboxylic acids is 1. The van der Waals surface area contributed by atoms with Crippen molar-refractivity contribution in [2.24, 2.45) is 0 Å². The number of carbonyl (C=O) groups excluding carboxylic acids is 2. The normalized spacial score (nSPS) is 14.4. The zero-order valence-corrected chi connectivity index (χ0v) is 18.4. The van der Waals surface area contributed by atoms with E-state index in [1.165, 1.54) is 12.1 Å². The second-order valence-corrected chi connectivity index (χ2v) is 8.72. The molecule has 6 nitrogen and oxygen atoms in total. The van der Waals surface area contributed by atoms with Crippen LogP contribution in [0.3, 0.4) is 0 Å². The lowest BCUT2D eigenvalue weighted by molar-refractivity contribution is -0.142. The summed E-state index contributed by atoms with van der Waals surface area (Å²) in [4.78, 5) is 39.0. The molecular weight excluding hydrogens is 475 g/mol. The van der Waals surface area contributed by atoms with Gasteiger partial charge in [0, 0.05) is 26.3 Å². The van der Waals surface area contributed by atoms with Gasteiger partial charge in [0.05, 0.1) is 28.2 Å². The first kappa shape index (κ1) is 20.8. The minimum atomic E-state index is -1.45. The summed E-state index contributed by atoms with van der Waals surface area (Å²) in [5.41, 5.74) is 1.55. The minimum Gasteiger partial charge on any atom is -0.480 e. The van der Waals surface area contributed by atoms with Gasteiger partial charge in [-0.25, -0.2) is 4.79 Å². The molecule has 0 unspecified atom stereocenters. The van der Waals surface area contributed by atoms with Gasteiger partial charge in [-0.3, -0.25) is 14.5 Å². The number of carbonyl (C=O) groups is 3. The van der Waals surface area contributed by atoms with Crippen molar-refractivity contribution >= 4 is 74.4 Å². The molecule has 1 N–H and O–H groups in total. The molecule has 0 saturated heterocycles. The molecule has 0 bridgehead atoms. The Balaban J connectivity index is 1.70. The van der Waals surface area contributed by atoms with Crippen LogP contribution in [0.25, 0.3) is 21.8 Å². The van der Waals surface area contributed by atoms with Gasteiger partial charge in [0.15, 0.2) is 6.04 Å². The number of hydrogen-bond donors (Lipinski definition) is 1. The van der Waals surface area contributed by atoms with Crippen molar-refractivity contribution in [3.63, 3.8) is 0 Å². The lowest BCUT2D eigenvalue weighted by Crippen LogP contribution is -2.47. The Hall–Kier alpha value is -3.06. The Morgan fingerprint density at radius 3 is 2.12 bits per heavy atom. The highest BCUT2D eigenvalue weighted by atomic mass is 35.5. The second kappa shape index (κ2) is 7.52. The summed E-state index contributed by atoms with van der Waals surface area (Å²) in [5.74, 6) is -2.60. The number of carboxylic acid groups (broad SMARTS) is 1. The zero-order valence-electron chi connectivity index (χ0n) is 16.2. The minimum absolute atomic E-state index is 0.183. The molecule has 1 atom stereocenters. The van der Waals surface area contributed by atoms with Crippen LogP contribution in [0, 0.1) is 0 Å². The summed E-state index contributed by atoms with van der Waals surface area (Å²) in [6.45, 7) is -0.205. The third-order valence-corrected chi connectivity index (χ3v) is 6.36. The number of amides is 2. The summed E-state index contributed by atoms with van der Waals surface area (Å²) < 4.78 is 1.68. The molecule has 32 heavy (non-hydrogen) atoms. The first-order chi connectivity index (χ1) is 15.3. The van der Waals surface area contributed by atoms with Crippen LogP contribution < -0.4 is 0 Å². The first-order valence-electron chi connectivity index (χ1n) is 9.54. The molecule has 3 aromatic carbocycles. The van der Waals surface area contributed by atoms with E-state index in [1.807, 2.05) is 0 Å². The predicted octanol–water partition coefficient (Wildman–Crippen LogP) is 5.50. The number of aromatic nitrogens is 1. The van der Waals surface area contributed by atoms with Gasteiger partial charge >= 0.3 is 5.97 Å². The fourth-order valence-corrected chi connectivity index (χ4v) is 5.02. The maximum absolute atomic E-state index is 12.9. The van der Waals surface area contributed by atoms with Crippen LogP contribution in [-0.4, -0.2) is 38.4 Å². The molecule has 9 heteroatoms. The molecule has 4 aromatic rings. The highest BCUT2D eigenvalue weighted by molar-refractivity contribution is 6.40. The molecule has 0 radical (unpaired) electrons. The molecule has 0 aliphatic carbocycles. The van der Waals surface area contributed by atoms with Crippen LogP contribution in [0.1, 0.15) is 20.7 Å². The van der Waals surface area contributed by atoms with Gasteiger partial charge in [-0.15, -0.1) is 0 Å². The van der Waals surface area contributed by atoms with E-state index in [1.54, 1.807) is 47.0 Å². The van der Waals surface area contributed by atoms with Crippen LogP contribution in [0.2, 0.25) is 15.1 Å². The monoisotopic (exact) mass is 486 g/mol. The van der Waals surface area contributed by atoms with Crippen LogP contribution in [0.15, 0.2) is 54.6 Å². The number of halogens is 3. The van der Waals surface area contributed by atoms with E-state index in [-0.39, 0.29) is 17.7 Å². The van der Waals surface area contributed by atoms with Gasteiger partial charge < -0.3 is 9.67 Å². The Kier molecular flexibility index (Phi) is 4.89. The SMILES string of the molecule is O=C(O)[C@H](Cn1c2ccc(Cl)cc2c2cc(Cl)cc(Cl)c21)N1C(=O)c2ccccc2C1=O. The van der Waals surface area contributed by atoms with Crippen molar-refractivity contribution in [2.45, 2.75) is 12.6 Å². The van der Waals surface area contributed by atoms with Gasteiger partial charge in [-0.05, 0) is 42.5 Å². The smallest absolute Gasteiger partial charge is 0.328 e. The second-order valence-electron chi connectivity index (χ2n) is 7.44. The van der Waals surface area contributed by atoms with Crippen LogP contribution in [0.5, 0.6) is 0 Å². The molecule has 0 saturated carbocycles. The average molecular weight is 488 g/mol. The largest absolute Gasteiger partial charge is 0.480 e. The number of imide groups is 1. The Morgan fingerprint density at radius 2 is 1.50 bits per heavy atom. The fraction of sp³-hybridized carbons (Fsp3) is 0.0870. The van der Waals surface area contributed by atoms with Gasteiger partial charge in [0.25, 0.3) is 11.8 Å². The lowest BCUT2D eigenvalue weighted by Gasteiger charge is -2.24. The van der Waals surface area contributed by atoms with E-state index < -0.39 is 23.8 Å². The first-order valence-corrected chi connectivity index (χ1v) is 10.7. The average Bonchev–Trinajstić information content (AvgIpc) is 3.18. The molecule has 160 valence electrons. The number of benzene rings is 3. The molecule has 1 aromatic heterocycles. The third kappa shape index (κ3) is 3.06. The molecular formula is C23H13Cl3N2O4. The standard InChI is InChI=1S/C23H13Cl3N2O4/c24-11-5-6-18-15(7-11)16-8-12(25)9-17(26)20(16)27(18)10-19(23(31)32)28-21(29)13-3-1-2-4-14(13)22(28)30/h1-9,19H,10H2,(H,31,32)/t19-/m0/s1. The molecule has 0 spiro atoms. The molecule has 0 fully saturated rings. The van der Waals surface area contributed by atoms with Gasteiger partial charge in [-0.1, -0.05) is 46.9 Å². The molecule has 1 aliphatic rings. The summed E-state index contributed by atoms with van der Waals surface area (Å²) in [6.07, 6.45) is 0. The summed E-state index contributed by atoms with van der Waals surface area (Å²) >= 11 is 18.9. The molecule has 2 heterocycles. The number of hydrogen-bond acceptors (Lipinski definition) is 3. The van der Waals surface area contributed by atoms with Crippen molar-refractivity contribution in [1.82, 2.24) is 9.47 Å². The molecule has 2 amide bonds. The van der Waals surface area contributed by atoms with Crippen molar-refractivity contribution < 1.29 is 19.5 Å². The van der Waals surface area contributed by atoms with E-state index in [0.717, 1.165) is 10.3 Å². The summed E-state index contributed by atoms with van der Waals surface area (Å²) in [5, 5.41) is 12.6. The van der Waals surface area contributed by atoms with Gasteiger partial charge in [0.1, 0.15) is 0 Å². The van der Waals surface area contributed by atoms with E-state index in [2.05, 4.69) is 0 Å². The highest BCUT2D eigenvalue weighted by Crippen LogP contribution is 2.38. The quantitative estimate of drug-likeness (QED) is 0.385. The van der Waals surface area contributed by atoms with Gasteiger partial charge in [-0.2, -0.15) is 0 Å². The third-order valence-electron chi connectivity index (χ3n) is 5.62. The van der Waals surface area contributed by atoms with Crippen LogP contribution in [-0.2, 0) is 11.3 Å². The fourth-order valence-electron chi connectivity index (χ4n) is 4.25. The van der Waals surface area contributed by atoms with Crippen molar-refractivity contribution in [1.29, 1.82) is 0 Å². The van der Waals surface area contributed by atoms with Crippen molar-refractivity contribution in [3.8, 4) is 0 Å². The van der Waals surface area contributed by atoms with Gasteiger partial charge in [0.2, 0.25) is 0 Å². The van der Waals surface area contributed by atoms with Crippen LogP contribution in [0.4, 0.5) is 0 Å².